The first-order chi connectivity index (χ1) is 17.2. The first-order valence-electron chi connectivity index (χ1n) is 12.1. The van der Waals surface area contributed by atoms with Crippen molar-refractivity contribution in [1.29, 1.82) is 0 Å². The molecular weight excluding hydrogens is 478 g/mol. The summed E-state index contributed by atoms with van der Waals surface area (Å²) in [6.45, 7) is 7.47. The molecule has 1 aliphatic rings. The standard InChI is InChI=1S/C27H33N3O5S/c1-4-9-23(25(31)27(33)28-16-5-2)29-26(32)24-17-21(20-10-7-6-8-11-20)18-30(24)36(34,35)22-14-12-19(3)13-15-22/h5-8,10-15,21,23-24H,2,4,9,16-18H2,1,3H3,(H,28,33)(H,29,32)/t21?,23?,24-/m0/s1. The number of amides is 2. The van der Waals surface area contributed by atoms with Gasteiger partial charge in [0, 0.05) is 13.1 Å². The Balaban J connectivity index is 1.90. The summed E-state index contributed by atoms with van der Waals surface area (Å²) in [5, 5.41) is 5.11. The fourth-order valence-corrected chi connectivity index (χ4v) is 6.00. The molecule has 0 saturated carbocycles. The summed E-state index contributed by atoms with van der Waals surface area (Å²) >= 11 is 0. The topological polar surface area (TPSA) is 113 Å². The number of carbonyl (C=O) groups is 3. The molecule has 3 rings (SSSR count). The Labute approximate surface area is 212 Å². The Morgan fingerprint density at radius 1 is 1.11 bits per heavy atom. The first kappa shape index (κ1) is 27.3. The molecule has 36 heavy (non-hydrogen) atoms. The number of nitrogens with zero attached hydrogens (tertiary/aromatic N) is 1. The van der Waals surface area contributed by atoms with E-state index in [4.69, 9.17) is 0 Å². The number of hydrogen-bond acceptors (Lipinski definition) is 5. The van der Waals surface area contributed by atoms with Gasteiger partial charge in [-0.25, -0.2) is 8.42 Å². The van der Waals surface area contributed by atoms with Gasteiger partial charge in [0.1, 0.15) is 6.04 Å². The zero-order valence-electron chi connectivity index (χ0n) is 20.6. The fourth-order valence-electron chi connectivity index (χ4n) is 4.36. The molecule has 0 aromatic heterocycles. The van der Waals surface area contributed by atoms with Crippen LogP contribution in [-0.2, 0) is 24.4 Å². The molecule has 192 valence electrons. The van der Waals surface area contributed by atoms with E-state index in [0.717, 1.165) is 11.1 Å². The van der Waals surface area contributed by atoms with Crippen LogP contribution in [0.1, 0.15) is 43.2 Å². The van der Waals surface area contributed by atoms with Gasteiger partial charge < -0.3 is 10.6 Å². The maximum absolute atomic E-state index is 13.6. The van der Waals surface area contributed by atoms with Gasteiger partial charge >= 0.3 is 0 Å². The molecule has 1 saturated heterocycles. The van der Waals surface area contributed by atoms with Crippen LogP contribution in [0.4, 0.5) is 0 Å². The van der Waals surface area contributed by atoms with E-state index < -0.39 is 39.7 Å². The van der Waals surface area contributed by atoms with Gasteiger partial charge in [-0.15, -0.1) is 6.58 Å². The molecule has 9 heteroatoms. The van der Waals surface area contributed by atoms with Crippen LogP contribution in [0.5, 0.6) is 0 Å². The number of hydrogen-bond donors (Lipinski definition) is 2. The van der Waals surface area contributed by atoms with E-state index in [2.05, 4.69) is 17.2 Å². The first-order valence-corrected chi connectivity index (χ1v) is 13.5. The number of aryl methyl sites for hydroxylation is 1. The Morgan fingerprint density at radius 2 is 1.78 bits per heavy atom. The van der Waals surface area contributed by atoms with Gasteiger partial charge in [0.15, 0.2) is 0 Å². The molecule has 2 aromatic carbocycles. The molecule has 0 spiro atoms. The van der Waals surface area contributed by atoms with Crippen molar-refractivity contribution in [3.8, 4) is 0 Å². The largest absolute Gasteiger partial charge is 0.346 e. The third kappa shape index (κ3) is 6.27. The van der Waals surface area contributed by atoms with E-state index in [1.54, 1.807) is 12.1 Å². The highest BCUT2D eigenvalue weighted by Crippen LogP contribution is 2.36. The third-order valence-electron chi connectivity index (χ3n) is 6.30. The average Bonchev–Trinajstić information content (AvgIpc) is 3.34. The van der Waals surface area contributed by atoms with Crippen LogP contribution in [0.2, 0.25) is 0 Å². The average molecular weight is 512 g/mol. The van der Waals surface area contributed by atoms with Crippen molar-refractivity contribution in [3.63, 3.8) is 0 Å². The zero-order valence-corrected chi connectivity index (χ0v) is 21.5. The van der Waals surface area contributed by atoms with Crippen LogP contribution in [0.15, 0.2) is 72.1 Å². The van der Waals surface area contributed by atoms with Gasteiger partial charge in [-0.05, 0) is 43.4 Å². The number of sulfonamides is 1. The number of Topliss-reactive ketones (excluding diaryl/α,β-unsaturated/α-hetero) is 1. The highest BCUT2D eigenvalue weighted by atomic mass is 32.2. The van der Waals surface area contributed by atoms with Crippen molar-refractivity contribution >= 4 is 27.6 Å². The van der Waals surface area contributed by atoms with Crippen molar-refractivity contribution in [3.05, 3.63) is 78.4 Å². The van der Waals surface area contributed by atoms with Crippen LogP contribution in [0, 0.1) is 6.92 Å². The minimum atomic E-state index is -3.99. The molecule has 1 fully saturated rings. The minimum Gasteiger partial charge on any atom is -0.346 e. The SMILES string of the molecule is C=CCNC(=O)C(=O)C(CCC)NC(=O)[C@@H]1CC(c2ccccc2)CN1S(=O)(=O)c1ccc(C)cc1. The minimum absolute atomic E-state index is 0.101. The van der Waals surface area contributed by atoms with Crippen molar-refractivity contribution in [2.75, 3.05) is 13.1 Å². The summed E-state index contributed by atoms with van der Waals surface area (Å²) in [5.41, 5.74) is 1.85. The molecule has 2 aromatic rings. The number of nitrogens with one attached hydrogen (secondary N) is 2. The lowest BCUT2D eigenvalue weighted by Crippen LogP contribution is -2.53. The summed E-state index contributed by atoms with van der Waals surface area (Å²) in [6.07, 6.45) is 2.52. The summed E-state index contributed by atoms with van der Waals surface area (Å²) in [5.74, 6) is -2.37. The molecule has 0 aliphatic carbocycles. The third-order valence-corrected chi connectivity index (χ3v) is 8.19. The maximum Gasteiger partial charge on any atom is 0.289 e. The molecule has 2 unspecified atom stereocenters. The summed E-state index contributed by atoms with van der Waals surface area (Å²) in [6, 6.07) is 13.9. The normalized spacial score (nSPS) is 18.8. The van der Waals surface area contributed by atoms with Crippen LogP contribution < -0.4 is 10.6 Å². The predicted molar refractivity (Wildman–Crippen MR) is 138 cm³/mol. The van der Waals surface area contributed by atoms with E-state index >= 15 is 0 Å². The van der Waals surface area contributed by atoms with Gasteiger partial charge in [-0.2, -0.15) is 4.31 Å². The van der Waals surface area contributed by atoms with Gasteiger partial charge in [0.05, 0.1) is 10.9 Å². The van der Waals surface area contributed by atoms with Crippen molar-refractivity contribution in [2.24, 2.45) is 0 Å². The van der Waals surface area contributed by atoms with Crippen LogP contribution in [0.25, 0.3) is 0 Å². The van der Waals surface area contributed by atoms with E-state index in [0.29, 0.717) is 6.42 Å². The molecule has 1 aliphatic heterocycles. The fraction of sp³-hybridized carbons (Fsp3) is 0.370. The number of ketones is 1. The van der Waals surface area contributed by atoms with Gasteiger partial charge in [-0.3, -0.25) is 14.4 Å². The molecule has 3 atom stereocenters. The lowest BCUT2D eigenvalue weighted by atomic mass is 9.96. The van der Waals surface area contributed by atoms with Gasteiger partial charge in [-0.1, -0.05) is 67.4 Å². The molecular formula is C27H33N3O5S. The molecule has 1 heterocycles. The highest BCUT2D eigenvalue weighted by Gasteiger charge is 2.45. The molecule has 8 nitrogen and oxygen atoms in total. The number of rotatable bonds is 11. The Hall–Kier alpha value is -3.30. The summed E-state index contributed by atoms with van der Waals surface area (Å²) < 4.78 is 28.4. The second kappa shape index (κ2) is 12.1. The highest BCUT2D eigenvalue weighted by molar-refractivity contribution is 7.89. The van der Waals surface area contributed by atoms with E-state index in [1.165, 1.54) is 22.5 Å². The molecule has 2 N–H and O–H groups in total. The van der Waals surface area contributed by atoms with Gasteiger partial charge in [0.25, 0.3) is 5.91 Å². The second-order valence-electron chi connectivity index (χ2n) is 8.96. The summed E-state index contributed by atoms with van der Waals surface area (Å²) in [7, 11) is -3.99. The van der Waals surface area contributed by atoms with Crippen LogP contribution >= 0.6 is 0 Å². The van der Waals surface area contributed by atoms with E-state index in [9.17, 15) is 22.8 Å². The van der Waals surface area contributed by atoms with Crippen molar-refractivity contribution in [1.82, 2.24) is 14.9 Å². The monoisotopic (exact) mass is 511 g/mol. The van der Waals surface area contributed by atoms with Gasteiger partial charge in [0.2, 0.25) is 21.7 Å². The van der Waals surface area contributed by atoms with Crippen molar-refractivity contribution in [2.45, 2.75) is 56.0 Å². The van der Waals surface area contributed by atoms with Crippen LogP contribution in [-0.4, -0.2) is 55.5 Å². The number of benzene rings is 2. The van der Waals surface area contributed by atoms with Crippen molar-refractivity contribution < 1.29 is 22.8 Å². The quantitative estimate of drug-likeness (QED) is 0.356. The Morgan fingerprint density at radius 3 is 2.39 bits per heavy atom. The number of carbonyl (C=O) groups excluding carboxylic acids is 3. The molecule has 0 bridgehead atoms. The zero-order chi connectivity index (χ0) is 26.3. The molecule has 2 amide bonds. The maximum atomic E-state index is 13.6. The predicted octanol–water partition coefficient (Wildman–Crippen LogP) is 2.70. The lowest BCUT2D eigenvalue weighted by molar-refractivity contribution is -0.140. The molecule has 0 radical (unpaired) electrons. The van der Waals surface area contributed by atoms with E-state index in [1.807, 2.05) is 44.2 Å². The van der Waals surface area contributed by atoms with Crippen LogP contribution in [0.3, 0.4) is 0 Å². The van der Waals surface area contributed by atoms with E-state index in [-0.39, 0.29) is 36.7 Å². The smallest absolute Gasteiger partial charge is 0.289 e. The lowest BCUT2D eigenvalue weighted by Gasteiger charge is -2.25. The Kier molecular flexibility index (Phi) is 9.17. The second-order valence-corrected chi connectivity index (χ2v) is 10.9. The Bertz CT molecular complexity index is 1200. The summed E-state index contributed by atoms with van der Waals surface area (Å²) in [4.78, 5) is 38.5.